The molecule has 1 aliphatic heterocycles. The molecule has 0 radical (unpaired) electrons. The van der Waals surface area contributed by atoms with Gasteiger partial charge in [0.2, 0.25) is 11.8 Å². The predicted octanol–water partition coefficient (Wildman–Crippen LogP) is 0.854. The van der Waals surface area contributed by atoms with Gasteiger partial charge in [0.05, 0.1) is 17.8 Å². The first-order valence-electron chi connectivity index (χ1n) is 6.77. The summed E-state index contributed by atoms with van der Waals surface area (Å²) in [5.41, 5.74) is 2.32. The molecular weight excluding hydrogens is 242 g/mol. The summed E-state index contributed by atoms with van der Waals surface area (Å²) >= 11 is 0. The Bertz CT molecular complexity index is 515. The highest BCUT2D eigenvalue weighted by molar-refractivity contribution is 6.00. The van der Waals surface area contributed by atoms with E-state index in [0.717, 1.165) is 25.0 Å². The maximum absolute atomic E-state index is 11.8. The molecule has 2 atom stereocenters. The molecule has 1 aromatic rings. The second kappa shape index (κ2) is 5.09. The molecule has 1 saturated heterocycles. The normalized spacial score (nSPS) is 26.7. The van der Waals surface area contributed by atoms with E-state index < -0.39 is 0 Å². The van der Waals surface area contributed by atoms with E-state index in [2.05, 4.69) is 21.7 Å². The highest BCUT2D eigenvalue weighted by atomic mass is 16.2. The second-order valence-electron chi connectivity index (χ2n) is 5.16. The number of imide groups is 1. The molecule has 0 saturated carbocycles. The number of hydrogen-bond acceptors (Lipinski definition) is 4. The van der Waals surface area contributed by atoms with Gasteiger partial charge in [-0.25, -0.2) is 0 Å². The van der Waals surface area contributed by atoms with Crippen molar-refractivity contribution in [2.24, 2.45) is 0 Å². The maximum Gasteiger partial charge on any atom is 0.243 e. The number of amides is 2. The number of aromatic nitrogens is 1. The van der Waals surface area contributed by atoms with Gasteiger partial charge >= 0.3 is 0 Å². The zero-order valence-corrected chi connectivity index (χ0v) is 10.7. The zero-order chi connectivity index (χ0) is 13.2. The number of nitrogens with zero attached hydrogens (tertiary/aromatic N) is 1. The molecule has 5 heteroatoms. The highest BCUT2D eigenvalue weighted by Crippen LogP contribution is 2.28. The Morgan fingerprint density at radius 2 is 2.11 bits per heavy atom. The quantitative estimate of drug-likeness (QED) is 0.773. The number of hydrogen-bond donors (Lipinski definition) is 2. The molecule has 19 heavy (non-hydrogen) atoms. The summed E-state index contributed by atoms with van der Waals surface area (Å²) < 4.78 is 0. The number of carbonyl (C=O) groups excluding carboxylic acids is 2. The zero-order valence-electron chi connectivity index (χ0n) is 10.7. The summed E-state index contributed by atoms with van der Waals surface area (Å²) in [4.78, 5) is 27.4. The van der Waals surface area contributed by atoms with Crippen LogP contribution in [0.3, 0.4) is 0 Å². The van der Waals surface area contributed by atoms with Crippen molar-refractivity contribution in [3.8, 4) is 0 Å². The van der Waals surface area contributed by atoms with Gasteiger partial charge in [0.1, 0.15) is 0 Å². The van der Waals surface area contributed by atoms with Crippen molar-refractivity contribution < 1.29 is 9.59 Å². The van der Waals surface area contributed by atoms with E-state index >= 15 is 0 Å². The first kappa shape index (κ1) is 12.3. The molecule has 2 unspecified atom stereocenters. The smallest absolute Gasteiger partial charge is 0.243 e. The molecule has 1 aromatic heterocycles. The van der Waals surface area contributed by atoms with Crippen LogP contribution in [0.2, 0.25) is 0 Å². The number of piperidine rings is 1. The van der Waals surface area contributed by atoms with E-state index in [1.165, 1.54) is 5.56 Å². The lowest BCUT2D eigenvalue weighted by molar-refractivity contribution is -0.134. The Kier molecular flexibility index (Phi) is 3.29. The largest absolute Gasteiger partial charge is 0.297 e. The molecule has 100 valence electrons. The Morgan fingerprint density at radius 3 is 2.95 bits per heavy atom. The van der Waals surface area contributed by atoms with Gasteiger partial charge in [-0.2, -0.15) is 0 Å². The molecule has 0 bridgehead atoms. The average molecular weight is 259 g/mol. The fraction of sp³-hybridized carbons (Fsp3) is 0.500. The Morgan fingerprint density at radius 1 is 1.21 bits per heavy atom. The van der Waals surface area contributed by atoms with E-state index in [-0.39, 0.29) is 23.9 Å². The first-order chi connectivity index (χ1) is 9.24. The van der Waals surface area contributed by atoms with Gasteiger partial charge < -0.3 is 0 Å². The van der Waals surface area contributed by atoms with E-state index in [9.17, 15) is 9.59 Å². The lowest BCUT2D eigenvalue weighted by Gasteiger charge is -2.30. The summed E-state index contributed by atoms with van der Waals surface area (Å²) in [6.45, 7) is 0. The minimum Gasteiger partial charge on any atom is -0.297 e. The molecule has 1 aliphatic carbocycles. The summed E-state index contributed by atoms with van der Waals surface area (Å²) in [7, 11) is 0. The first-order valence-corrected chi connectivity index (χ1v) is 6.77. The van der Waals surface area contributed by atoms with Gasteiger partial charge in [-0.1, -0.05) is 6.07 Å². The monoisotopic (exact) mass is 259 g/mol. The standard InChI is InChI=1S/C14H17N3O2/c18-12-7-6-11(14(19)17-12)16-10-5-1-3-9-4-2-8-15-13(9)10/h2,4,8,10-11,16H,1,3,5-7H2,(H,17,18,19). The molecule has 1 fully saturated rings. The van der Waals surface area contributed by atoms with Gasteiger partial charge in [-0.05, 0) is 37.3 Å². The van der Waals surface area contributed by atoms with Crippen LogP contribution < -0.4 is 10.6 Å². The minimum absolute atomic E-state index is 0.119. The third-order valence-electron chi connectivity index (χ3n) is 3.84. The van der Waals surface area contributed by atoms with Crippen LogP contribution in [0.5, 0.6) is 0 Å². The Balaban J connectivity index is 1.74. The summed E-state index contributed by atoms with van der Waals surface area (Å²) in [6, 6.07) is 3.89. The fourth-order valence-corrected chi connectivity index (χ4v) is 2.87. The van der Waals surface area contributed by atoms with Crippen molar-refractivity contribution in [2.75, 3.05) is 0 Å². The number of carbonyl (C=O) groups is 2. The van der Waals surface area contributed by atoms with Crippen molar-refractivity contribution >= 4 is 11.8 Å². The van der Waals surface area contributed by atoms with Crippen LogP contribution in [-0.2, 0) is 16.0 Å². The van der Waals surface area contributed by atoms with Crippen molar-refractivity contribution in [2.45, 2.75) is 44.2 Å². The average Bonchev–Trinajstić information content (AvgIpc) is 2.42. The number of pyridine rings is 1. The highest BCUT2D eigenvalue weighted by Gasteiger charge is 2.30. The number of aryl methyl sites for hydroxylation is 1. The molecule has 5 nitrogen and oxygen atoms in total. The van der Waals surface area contributed by atoms with Crippen LogP contribution in [0.15, 0.2) is 18.3 Å². The van der Waals surface area contributed by atoms with E-state index in [1.807, 2.05) is 6.07 Å². The van der Waals surface area contributed by atoms with Gasteiger partial charge in [0.25, 0.3) is 0 Å². The topological polar surface area (TPSA) is 71.1 Å². The molecule has 2 aliphatic rings. The van der Waals surface area contributed by atoms with Crippen LogP contribution in [-0.4, -0.2) is 22.8 Å². The number of nitrogens with one attached hydrogen (secondary N) is 2. The molecule has 2 heterocycles. The maximum atomic E-state index is 11.8. The lowest BCUT2D eigenvalue weighted by Crippen LogP contribution is -2.51. The molecular formula is C14H17N3O2. The lowest BCUT2D eigenvalue weighted by atomic mass is 9.90. The van der Waals surface area contributed by atoms with Crippen molar-refractivity contribution in [3.63, 3.8) is 0 Å². The molecule has 3 rings (SSSR count). The van der Waals surface area contributed by atoms with E-state index in [1.54, 1.807) is 6.20 Å². The van der Waals surface area contributed by atoms with Crippen molar-refractivity contribution in [1.29, 1.82) is 0 Å². The summed E-state index contributed by atoms with van der Waals surface area (Å²) in [5, 5.41) is 5.74. The third-order valence-corrected chi connectivity index (χ3v) is 3.84. The minimum atomic E-state index is -0.282. The predicted molar refractivity (Wildman–Crippen MR) is 69.2 cm³/mol. The Hall–Kier alpha value is -1.75. The summed E-state index contributed by atoms with van der Waals surface area (Å²) in [5.74, 6) is -0.385. The van der Waals surface area contributed by atoms with Crippen LogP contribution in [0, 0.1) is 0 Å². The van der Waals surface area contributed by atoms with Gasteiger partial charge in [-0.15, -0.1) is 0 Å². The second-order valence-corrected chi connectivity index (χ2v) is 5.16. The summed E-state index contributed by atoms with van der Waals surface area (Å²) in [6.07, 6.45) is 5.92. The molecule has 0 spiro atoms. The van der Waals surface area contributed by atoms with Crippen molar-refractivity contribution in [1.82, 2.24) is 15.6 Å². The SMILES string of the molecule is O=C1CCC(NC2CCCc3cccnc32)C(=O)N1. The molecule has 2 amide bonds. The van der Waals surface area contributed by atoms with Crippen LogP contribution in [0.4, 0.5) is 0 Å². The van der Waals surface area contributed by atoms with Gasteiger partial charge in [0.15, 0.2) is 0 Å². The van der Waals surface area contributed by atoms with Crippen LogP contribution >= 0.6 is 0 Å². The fourth-order valence-electron chi connectivity index (χ4n) is 2.87. The van der Waals surface area contributed by atoms with Crippen LogP contribution in [0.25, 0.3) is 0 Å². The Labute approximate surface area is 111 Å². The van der Waals surface area contributed by atoms with Gasteiger partial charge in [-0.3, -0.25) is 25.2 Å². The van der Waals surface area contributed by atoms with Crippen molar-refractivity contribution in [3.05, 3.63) is 29.6 Å². The number of rotatable bonds is 2. The van der Waals surface area contributed by atoms with E-state index in [0.29, 0.717) is 12.8 Å². The van der Waals surface area contributed by atoms with Crippen LogP contribution in [0.1, 0.15) is 43.0 Å². The third kappa shape index (κ3) is 2.51. The number of fused-ring (bicyclic) bond motifs is 1. The molecule has 0 aromatic carbocycles. The van der Waals surface area contributed by atoms with E-state index in [4.69, 9.17) is 0 Å². The molecule has 2 N–H and O–H groups in total. The van der Waals surface area contributed by atoms with Gasteiger partial charge in [0, 0.05) is 12.6 Å².